The van der Waals surface area contributed by atoms with Crippen LogP contribution < -0.4 is 0 Å². The summed E-state index contributed by atoms with van der Waals surface area (Å²) in [6.07, 6.45) is 4.41. The number of hydrogen-bond donors (Lipinski definition) is 0. The fourth-order valence-corrected chi connectivity index (χ4v) is 3.06. The Bertz CT molecular complexity index is 524. The number of amides is 1. The summed E-state index contributed by atoms with van der Waals surface area (Å²) in [5, 5.41) is 0. The number of esters is 1. The van der Waals surface area contributed by atoms with E-state index in [0.29, 0.717) is 12.8 Å². The molecule has 2 atom stereocenters. The molecule has 1 amide bonds. The molecule has 0 aromatic heterocycles. The number of hydrogen-bond acceptors (Lipinski definition) is 3. The van der Waals surface area contributed by atoms with Crippen molar-refractivity contribution in [3.8, 4) is 0 Å². The zero-order chi connectivity index (χ0) is 16.1. The smallest absolute Gasteiger partial charge is 0.328 e. The average molecular weight is 303 g/mol. The van der Waals surface area contributed by atoms with Crippen LogP contribution in [0.15, 0.2) is 24.3 Å². The van der Waals surface area contributed by atoms with Crippen LogP contribution in [0.5, 0.6) is 0 Å². The number of benzene rings is 1. The molecule has 120 valence electrons. The van der Waals surface area contributed by atoms with Crippen LogP contribution in [0.4, 0.5) is 0 Å². The van der Waals surface area contributed by atoms with Crippen molar-refractivity contribution in [3.63, 3.8) is 0 Å². The Morgan fingerprint density at radius 2 is 2.05 bits per heavy atom. The summed E-state index contributed by atoms with van der Waals surface area (Å²) in [5.41, 5.74) is 2.37. The van der Waals surface area contributed by atoms with Gasteiger partial charge < -0.3 is 9.64 Å². The third kappa shape index (κ3) is 3.49. The van der Waals surface area contributed by atoms with E-state index in [-0.39, 0.29) is 17.9 Å². The fraction of sp³-hybridized carbons (Fsp3) is 0.556. The third-order valence-electron chi connectivity index (χ3n) is 4.43. The second kappa shape index (κ2) is 7.43. The second-order valence-electron chi connectivity index (χ2n) is 5.90. The van der Waals surface area contributed by atoms with Crippen LogP contribution in [0.2, 0.25) is 0 Å². The molecule has 0 N–H and O–H groups in total. The number of unbranched alkanes of at least 4 members (excludes halogenated alkanes) is 1. The summed E-state index contributed by atoms with van der Waals surface area (Å²) in [7, 11) is 1.37. The molecule has 1 aromatic carbocycles. The van der Waals surface area contributed by atoms with Crippen LogP contribution in [0.3, 0.4) is 0 Å². The van der Waals surface area contributed by atoms with Crippen molar-refractivity contribution in [2.24, 2.45) is 0 Å². The van der Waals surface area contributed by atoms with E-state index < -0.39 is 6.04 Å². The first kappa shape index (κ1) is 16.5. The molecule has 2 unspecified atom stereocenters. The quantitative estimate of drug-likeness (QED) is 0.758. The van der Waals surface area contributed by atoms with Crippen LogP contribution in [0.25, 0.3) is 0 Å². The molecule has 1 aromatic rings. The molecule has 0 saturated carbocycles. The van der Waals surface area contributed by atoms with Crippen molar-refractivity contribution < 1.29 is 14.3 Å². The van der Waals surface area contributed by atoms with Gasteiger partial charge in [0.05, 0.1) is 13.2 Å². The molecule has 4 heteroatoms. The molecule has 0 bridgehead atoms. The van der Waals surface area contributed by atoms with Crippen molar-refractivity contribution >= 4 is 11.9 Å². The molecule has 2 rings (SSSR count). The van der Waals surface area contributed by atoms with Crippen LogP contribution in [-0.2, 0) is 20.7 Å². The van der Waals surface area contributed by atoms with Gasteiger partial charge in [-0.3, -0.25) is 4.79 Å². The average Bonchev–Trinajstić information content (AvgIpc) is 2.93. The lowest BCUT2D eigenvalue weighted by Crippen LogP contribution is -2.40. The highest BCUT2D eigenvalue weighted by molar-refractivity contribution is 5.88. The van der Waals surface area contributed by atoms with Crippen LogP contribution in [0.1, 0.15) is 56.7 Å². The number of rotatable bonds is 6. The Labute approximate surface area is 132 Å². The van der Waals surface area contributed by atoms with Crippen molar-refractivity contribution in [2.45, 2.75) is 58.0 Å². The maximum atomic E-state index is 12.1. The van der Waals surface area contributed by atoms with Gasteiger partial charge in [0, 0.05) is 6.42 Å². The summed E-state index contributed by atoms with van der Waals surface area (Å²) in [4.78, 5) is 25.7. The van der Waals surface area contributed by atoms with Gasteiger partial charge in [-0.15, -0.1) is 0 Å². The third-order valence-corrected chi connectivity index (χ3v) is 4.43. The standard InChI is InChI=1S/C18H25NO3/c1-4-5-6-14-7-9-15(10-8-14)13(2)19-16(18(21)22-3)11-12-17(19)20/h7-10,13,16H,4-6,11-12H2,1-3H3. The van der Waals surface area contributed by atoms with Crippen LogP contribution in [0, 0.1) is 0 Å². The molecule has 0 spiro atoms. The minimum Gasteiger partial charge on any atom is -0.467 e. The Morgan fingerprint density at radius 1 is 1.36 bits per heavy atom. The van der Waals surface area contributed by atoms with E-state index in [2.05, 4.69) is 31.2 Å². The molecule has 22 heavy (non-hydrogen) atoms. The van der Waals surface area contributed by atoms with E-state index in [1.807, 2.05) is 6.92 Å². The molecule has 1 aliphatic heterocycles. The number of likely N-dealkylation sites (tertiary alicyclic amines) is 1. The van der Waals surface area contributed by atoms with Crippen molar-refractivity contribution in [1.82, 2.24) is 4.90 Å². The number of carbonyl (C=O) groups is 2. The van der Waals surface area contributed by atoms with Gasteiger partial charge in [0.15, 0.2) is 0 Å². The lowest BCUT2D eigenvalue weighted by atomic mass is 10.0. The largest absolute Gasteiger partial charge is 0.467 e. The zero-order valence-corrected chi connectivity index (χ0v) is 13.7. The summed E-state index contributed by atoms with van der Waals surface area (Å²) >= 11 is 0. The topological polar surface area (TPSA) is 46.6 Å². The highest BCUT2D eigenvalue weighted by Crippen LogP contribution is 2.31. The summed E-state index contributed by atoms with van der Waals surface area (Å²) in [6, 6.07) is 7.81. The number of carbonyl (C=O) groups excluding carboxylic acids is 2. The Kier molecular flexibility index (Phi) is 5.58. The predicted molar refractivity (Wildman–Crippen MR) is 85.4 cm³/mol. The van der Waals surface area contributed by atoms with Crippen molar-refractivity contribution in [3.05, 3.63) is 35.4 Å². The Hall–Kier alpha value is -1.84. The molecule has 1 fully saturated rings. The van der Waals surface area contributed by atoms with Gasteiger partial charge in [0.25, 0.3) is 0 Å². The molecule has 1 saturated heterocycles. The van der Waals surface area contributed by atoms with Crippen molar-refractivity contribution in [1.29, 1.82) is 0 Å². The van der Waals surface area contributed by atoms with E-state index in [1.165, 1.54) is 25.5 Å². The lowest BCUT2D eigenvalue weighted by Gasteiger charge is -2.29. The van der Waals surface area contributed by atoms with E-state index >= 15 is 0 Å². The second-order valence-corrected chi connectivity index (χ2v) is 5.90. The molecule has 0 radical (unpaired) electrons. The predicted octanol–water partition coefficient (Wildman–Crippen LogP) is 3.25. The SMILES string of the molecule is CCCCc1ccc(C(C)N2C(=O)CCC2C(=O)OC)cc1. The Morgan fingerprint density at radius 3 is 2.64 bits per heavy atom. The number of aryl methyl sites for hydroxylation is 1. The lowest BCUT2D eigenvalue weighted by molar-refractivity contribution is -0.150. The van der Waals surface area contributed by atoms with Crippen molar-refractivity contribution in [2.75, 3.05) is 7.11 Å². The van der Waals surface area contributed by atoms with Gasteiger partial charge in [-0.05, 0) is 37.3 Å². The molecule has 4 nitrogen and oxygen atoms in total. The first-order valence-corrected chi connectivity index (χ1v) is 8.06. The number of methoxy groups -OCH3 is 1. The van der Waals surface area contributed by atoms with Gasteiger partial charge in [-0.1, -0.05) is 37.6 Å². The van der Waals surface area contributed by atoms with Crippen LogP contribution in [-0.4, -0.2) is 29.9 Å². The molecular weight excluding hydrogens is 278 g/mol. The molecule has 1 aliphatic rings. The highest BCUT2D eigenvalue weighted by Gasteiger charge is 2.39. The fourth-order valence-electron chi connectivity index (χ4n) is 3.06. The first-order valence-electron chi connectivity index (χ1n) is 8.06. The van der Waals surface area contributed by atoms with Gasteiger partial charge in [0.2, 0.25) is 5.91 Å². The van der Waals surface area contributed by atoms with Gasteiger partial charge in [-0.2, -0.15) is 0 Å². The van der Waals surface area contributed by atoms with Gasteiger partial charge >= 0.3 is 5.97 Å². The number of ether oxygens (including phenoxy) is 1. The maximum Gasteiger partial charge on any atom is 0.328 e. The van der Waals surface area contributed by atoms with E-state index in [4.69, 9.17) is 4.74 Å². The van der Waals surface area contributed by atoms with Gasteiger partial charge in [-0.25, -0.2) is 4.79 Å². The maximum absolute atomic E-state index is 12.1. The molecule has 0 aliphatic carbocycles. The first-order chi connectivity index (χ1) is 10.6. The minimum absolute atomic E-state index is 0.0259. The van der Waals surface area contributed by atoms with E-state index in [9.17, 15) is 9.59 Å². The van der Waals surface area contributed by atoms with E-state index in [0.717, 1.165) is 12.0 Å². The summed E-state index contributed by atoms with van der Waals surface area (Å²) < 4.78 is 4.83. The summed E-state index contributed by atoms with van der Waals surface area (Å²) in [5.74, 6) is -0.296. The monoisotopic (exact) mass is 303 g/mol. The molecule has 1 heterocycles. The summed E-state index contributed by atoms with van der Waals surface area (Å²) in [6.45, 7) is 4.16. The van der Waals surface area contributed by atoms with E-state index in [1.54, 1.807) is 4.90 Å². The minimum atomic E-state index is -0.452. The molecular formula is C18H25NO3. The highest BCUT2D eigenvalue weighted by atomic mass is 16.5. The van der Waals surface area contributed by atoms with Gasteiger partial charge in [0.1, 0.15) is 6.04 Å². The normalized spacial score (nSPS) is 19.3. The zero-order valence-electron chi connectivity index (χ0n) is 13.7. The number of nitrogens with zero attached hydrogens (tertiary/aromatic N) is 1. The Balaban J connectivity index is 2.13. The van der Waals surface area contributed by atoms with Crippen LogP contribution >= 0.6 is 0 Å².